The summed E-state index contributed by atoms with van der Waals surface area (Å²) in [5.74, 6) is 0.697. The summed E-state index contributed by atoms with van der Waals surface area (Å²) in [6.07, 6.45) is 0. The predicted octanol–water partition coefficient (Wildman–Crippen LogP) is 2.89. The molecule has 0 radical (unpaired) electrons. The van der Waals surface area contributed by atoms with Crippen LogP contribution in [0.5, 0.6) is 5.75 Å². The van der Waals surface area contributed by atoms with Crippen LogP contribution < -0.4 is 4.74 Å². The third-order valence-corrected chi connectivity index (χ3v) is 3.05. The van der Waals surface area contributed by atoms with E-state index in [0.29, 0.717) is 5.75 Å². The Kier molecular flexibility index (Phi) is 2.61. The molecule has 18 heavy (non-hydrogen) atoms. The molecule has 0 bridgehead atoms. The second-order valence-electron chi connectivity index (χ2n) is 4.21. The van der Waals surface area contributed by atoms with Crippen LogP contribution in [0, 0.1) is 0 Å². The van der Waals surface area contributed by atoms with Crippen LogP contribution >= 0.6 is 0 Å². The highest BCUT2D eigenvalue weighted by molar-refractivity contribution is 5.95. The maximum absolute atomic E-state index is 9.25. The van der Waals surface area contributed by atoms with Gasteiger partial charge < -0.3 is 9.84 Å². The molecule has 1 aromatic heterocycles. The molecule has 90 valence electrons. The molecule has 0 saturated heterocycles. The van der Waals surface area contributed by atoms with Gasteiger partial charge in [-0.1, -0.05) is 18.2 Å². The molecule has 0 atom stereocenters. The maximum Gasteiger partial charge on any atom is 0.145 e. The van der Waals surface area contributed by atoms with Gasteiger partial charge in [0.25, 0.3) is 0 Å². The number of nitrogens with zero attached hydrogens (tertiary/aromatic N) is 1. The van der Waals surface area contributed by atoms with E-state index in [1.165, 1.54) is 0 Å². The molecule has 0 unspecified atom stereocenters. The molecule has 0 spiro atoms. The Morgan fingerprint density at radius 3 is 2.72 bits per heavy atom. The van der Waals surface area contributed by atoms with Crippen molar-refractivity contribution in [1.82, 2.24) is 4.98 Å². The molecule has 0 amide bonds. The van der Waals surface area contributed by atoms with Crippen LogP contribution in [0.2, 0.25) is 0 Å². The molecule has 3 aromatic rings. The van der Waals surface area contributed by atoms with Gasteiger partial charge in [-0.2, -0.15) is 0 Å². The number of fused-ring (bicyclic) bond motifs is 2. The van der Waals surface area contributed by atoms with E-state index in [9.17, 15) is 5.11 Å². The minimum Gasteiger partial charge on any atom is -0.494 e. The minimum atomic E-state index is -0.000866. The van der Waals surface area contributed by atoms with Gasteiger partial charge in [-0.05, 0) is 29.8 Å². The standard InChI is InChI=1S/C15H13NO2/c1-18-14-7-10(9-17)6-12-8-11-4-2-3-5-13(11)16-15(12)14/h2-8,17H,9H2,1H3. The van der Waals surface area contributed by atoms with Crippen molar-refractivity contribution in [1.29, 1.82) is 0 Å². The fraction of sp³-hybridized carbons (Fsp3) is 0.133. The van der Waals surface area contributed by atoms with E-state index in [4.69, 9.17) is 4.74 Å². The summed E-state index contributed by atoms with van der Waals surface area (Å²) in [7, 11) is 1.62. The van der Waals surface area contributed by atoms with E-state index in [1.54, 1.807) is 7.11 Å². The van der Waals surface area contributed by atoms with Crippen molar-refractivity contribution in [2.45, 2.75) is 6.61 Å². The van der Waals surface area contributed by atoms with E-state index in [-0.39, 0.29) is 6.61 Å². The molecular formula is C15H13NO2. The number of aliphatic hydroxyl groups is 1. The molecular weight excluding hydrogens is 226 g/mol. The minimum absolute atomic E-state index is 0.000866. The summed E-state index contributed by atoms with van der Waals surface area (Å²) in [5, 5.41) is 11.3. The molecule has 3 heteroatoms. The van der Waals surface area contributed by atoms with Crippen molar-refractivity contribution in [2.24, 2.45) is 0 Å². The quantitative estimate of drug-likeness (QED) is 0.699. The number of hydrogen-bond donors (Lipinski definition) is 1. The van der Waals surface area contributed by atoms with Gasteiger partial charge in [-0.25, -0.2) is 4.98 Å². The van der Waals surface area contributed by atoms with Crippen molar-refractivity contribution in [2.75, 3.05) is 7.11 Å². The van der Waals surface area contributed by atoms with Gasteiger partial charge in [-0.15, -0.1) is 0 Å². The number of methoxy groups -OCH3 is 1. The molecule has 0 aliphatic carbocycles. The number of para-hydroxylation sites is 1. The number of rotatable bonds is 2. The summed E-state index contributed by atoms with van der Waals surface area (Å²) in [5.41, 5.74) is 2.60. The van der Waals surface area contributed by atoms with Gasteiger partial charge >= 0.3 is 0 Å². The Hall–Kier alpha value is -2.13. The smallest absolute Gasteiger partial charge is 0.145 e. The van der Waals surface area contributed by atoms with Gasteiger partial charge in [0.15, 0.2) is 0 Å². The van der Waals surface area contributed by atoms with Crippen LogP contribution in [0.25, 0.3) is 21.8 Å². The number of benzene rings is 2. The first kappa shape index (κ1) is 11.0. The second kappa shape index (κ2) is 4.27. The van der Waals surface area contributed by atoms with Crippen LogP contribution in [0.4, 0.5) is 0 Å². The zero-order chi connectivity index (χ0) is 12.5. The molecule has 0 aliphatic heterocycles. The molecule has 0 fully saturated rings. The lowest BCUT2D eigenvalue weighted by Gasteiger charge is -2.08. The Bertz CT molecular complexity index is 722. The highest BCUT2D eigenvalue weighted by Crippen LogP contribution is 2.28. The van der Waals surface area contributed by atoms with Gasteiger partial charge in [0.1, 0.15) is 11.3 Å². The third-order valence-electron chi connectivity index (χ3n) is 3.05. The lowest BCUT2D eigenvalue weighted by Crippen LogP contribution is -1.92. The van der Waals surface area contributed by atoms with Crippen molar-refractivity contribution in [3.8, 4) is 5.75 Å². The first-order chi connectivity index (χ1) is 8.81. The molecule has 1 N–H and O–H groups in total. The van der Waals surface area contributed by atoms with E-state index < -0.39 is 0 Å². The summed E-state index contributed by atoms with van der Waals surface area (Å²) >= 11 is 0. The summed E-state index contributed by atoms with van der Waals surface area (Å²) in [6.45, 7) is -0.000866. The second-order valence-corrected chi connectivity index (χ2v) is 4.21. The van der Waals surface area contributed by atoms with E-state index in [1.807, 2.05) is 36.4 Å². The summed E-state index contributed by atoms with van der Waals surface area (Å²) in [4.78, 5) is 4.62. The van der Waals surface area contributed by atoms with Crippen LogP contribution in [0.1, 0.15) is 5.56 Å². The number of aliphatic hydroxyl groups excluding tert-OH is 1. The van der Waals surface area contributed by atoms with Gasteiger partial charge in [-0.3, -0.25) is 0 Å². The van der Waals surface area contributed by atoms with Crippen LogP contribution in [-0.2, 0) is 6.61 Å². The number of hydrogen-bond acceptors (Lipinski definition) is 3. The van der Waals surface area contributed by atoms with Crippen molar-refractivity contribution >= 4 is 21.8 Å². The average molecular weight is 239 g/mol. The molecule has 1 heterocycles. The Morgan fingerprint density at radius 1 is 1.11 bits per heavy atom. The number of ether oxygens (including phenoxy) is 1. The summed E-state index contributed by atoms with van der Waals surface area (Å²) in [6, 6.07) is 13.8. The van der Waals surface area contributed by atoms with Gasteiger partial charge in [0.2, 0.25) is 0 Å². The highest BCUT2D eigenvalue weighted by atomic mass is 16.5. The molecule has 3 nitrogen and oxygen atoms in total. The highest BCUT2D eigenvalue weighted by Gasteiger charge is 2.07. The van der Waals surface area contributed by atoms with Crippen molar-refractivity contribution in [3.05, 3.63) is 48.0 Å². The monoisotopic (exact) mass is 239 g/mol. The van der Waals surface area contributed by atoms with Gasteiger partial charge in [0.05, 0.1) is 19.2 Å². The normalized spacial score (nSPS) is 11.0. The topological polar surface area (TPSA) is 42.4 Å². The largest absolute Gasteiger partial charge is 0.494 e. The lowest BCUT2D eigenvalue weighted by atomic mass is 10.1. The van der Waals surface area contributed by atoms with Gasteiger partial charge in [0, 0.05) is 10.8 Å². The lowest BCUT2D eigenvalue weighted by molar-refractivity contribution is 0.281. The zero-order valence-electron chi connectivity index (χ0n) is 10.1. The number of aromatic nitrogens is 1. The third kappa shape index (κ3) is 1.69. The Morgan fingerprint density at radius 2 is 1.94 bits per heavy atom. The first-order valence-electron chi connectivity index (χ1n) is 5.79. The summed E-state index contributed by atoms with van der Waals surface area (Å²) < 4.78 is 5.35. The fourth-order valence-corrected chi connectivity index (χ4v) is 2.16. The predicted molar refractivity (Wildman–Crippen MR) is 71.7 cm³/mol. The molecule has 2 aromatic carbocycles. The zero-order valence-corrected chi connectivity index (χ0v) is 10.1. The van der Waals surface area contributed by atoms with E-state index in [0.717, 1.165) is 27.4 Å². The number of pyridine rings is 1. The van der Waals surface area contributed by atoms with Crippen LogP contribution in [0.3, 0.4) is 0 Å². The van der Waals surface area contributed by atoms with Crippen molar-refractivity contribution < 1.29 is 9.84 Å². The maximum atomic E-state index is 9.25. The Labute approximate surface area is 105 Å². The Balaban J connectivity index is 2.41. The van der Waals surface area contributed by atoms with Crippen LogP contribution in [-0.4, -0.2) is 17.2 Å². The SMILES string of the molecule is COc1cc(CO)cc2cc3ccccc3nc12. The van der Waals surface area contributed by atoms with Crippen LogP contribution in [0.15, 0.2) is 42.5 Å². The first-order valence-corrected chi connectivity index (χ1v) is 5.79. The average Bonchev–Trinajstić information content (AvgIpc) is 2.43. The van der Waals surface area contributed by atoms with E-state index in [2.05, 4.69) is 11.1 Å². The molecule has 0 saturated carbocycles. The van der Waals surface area contributed by atoms with Crippen molar-refractivity contribution in [3.63, 3.8) is 0 Å². The fourth-order valence-electron chi connectivity index (χ4n) is 2.16. The van der Waals surface area contributed by atoms with E-state index >= 15 is 0 Å². The molecule has 0 aliphatic rings. The molecule has 3 rings (SSSR count).